The average Bonchev–Trinajstić information content (AvgIpc) is 3.66. The highest BCUT2D eigenvalue weighted by Crippen LogP contribution is 2.34. The van der Waals surface area contributed by atoms with Crippen LogP contribution in [0.15, 0.2) is 85.6 Å². The van der Waals surface area contributed by atoms with Gasteiger partial charge in [0.2, 0.25) is 0 Å². The van der Waals surface area contributed by atoms with Crippen molar-refractivity contribution in [2.75, 3.05) is 19.6 Å². The van der Waals surface area contributed by atoms with Crippen molar-refractivity contribution in [1.82, 2.24) is 35.0 Å². The molecule has 0 unspecified atom stereocenters. The molecule has 5 aromatic rings. The summed E-state index contributed by atoms with van der Waals surface area (Å²) in [6.07, 6.45) is 14.6. The van der Waals surface area contributed by atoms with E-state index in [9.17, 15) is 8.78 Å². The molecular formula is C30H27F2N7. The molecule has 0 amide bonds. The summed E-state index contributed by atoms with van der Waals surface area (Å²) in [5.74, 6) is -2.63. The first-order valence-corrected chi connectivity index (χ1v) is 12.8. The molecule has 1 aliphatic rings. The summed E-state index contributed by atoms with van der Waals surface area (Å²) < 4.78 is 27.4. The number of pyridine rings is 3. The van der Waals surface area contributed by atoms with E-state index in [-0.39, 0.29) is 13.0 Å². The molecule has 6 rings (SSSR count). The Morgan fingerprint density at radius 1 is 1.15 bits per heavy atom. The third kappa shape index (κ3) is 4.88. The standard InChI is InChI=1S/C30H27F2N7/c1-3-19(17-39-9-7-30(31,32)18-39)10-20(4-2)22-11-24-28(37-38-29(24)35-14-22)26-12-23-25(15-34-16-27(23)36-26)21-6-5-8-33-13-21/h3-6,8,10-16,36H,1,7,9,17-18H2,2H3,(H,35,37,38)/b19-10+,20-4+. The van der Waals surface area contributed by atoms with Gasteiger partial charge in [0.25, 0.3) is 5.92 Å². The van der Waals surface area contributed by atoms with Crippen LogP contribution in [0.5, 0.6) is 0 Å². The van der Waals surface area contributed by atoms with Crippen molar-refractivity contribution in [2.45, 2.75) is 19.3 Å². The number of hydrogen-bond donors (Lipinski definition) is 2. The number of aromatic nitrogens is 6. The molecule has 0 radical (unpaired) electrons. The lowest BCUT2D eigenvalue weighted by Crippen LogP contribution is -2.26. The molecule has 0 bridgehead atoms. The first-order valence-electron chi connectivity index (χ1n) is 12.8. The number of allylic oxidation sites excluding steroid dienone is 3. The predicted octanol–water partition coefficient (Wildman–Crippen LogP) is 6.42. The topological polar surface area (TPSA) is 86.4 Å². The van der Waals surface area contributed by atoms with E-state index in [1.54, 1.807) is 29.6 Å². The lowest BCUT2D eigenvalue weighted by Gasteiger charge is -2.16. The predicted molar refractivity (Wildman–Crippen MR) is 150 cm³/mol. The summed E-state index contributed by atoms with van der Waals surface area (Å²) in [6, 6.07) is 8.04. The summed E-state index contributed by atoms with van der Waals surface area (Å²) >= 11 is 0. The molecule has 0 atom stereocenters. The average molecular weight is 524 g/mol. The molecule has 0 aromatic carbocycles. The first kappa shape index (κ1) is 24.8. The zero-order chi connectivity index (χ0) is 27.0. The minimum absolute atomic E-state index is 0.106. The molecule has 1 fully saturated rings. The fourth-order valence-corrected chi connectivity index (χ4v) is 5.10. The number of fused-ring (bicyclic) bond motifs is 2. The molecule has 1 saturated heterocycles. The maximum Gasteiger partial charge on any atom is 0.261 e. The summed E-state index contributed by atoms with van der Waals surface area (Å²) in [6.45, 7) is 6.43. The Morgan fingerprint density at radius 2 is 2.05 bits per heavy atom. The zero-order valence-corrected chi connectivity index (χ0v) is 21.5. The SMILES string of the molecule is C=C/C(=C\C(=C/C)c1cnc2n[nH]c(-c3cc4c(-c5cccnc5)cncc4[nH]3)c2c1)CN1CCC(F)(F)C1. The van der Waals surface area contributed by atoms with Gasteiger partial charge in [-0.2, -0.15) is 5.10 Å². The molecule has 196 valence electrons. The fraction of sp³-hybridized carbons (Fsp3) is 0.200. The van der Waals surface area contributed by atoms with Crippen molar-refractivity contribution >= 4 is 27.5 Å². The van der Waals surface area contributed by atoms with Crippen LogP contribution in [0.25, 0.3) is 50.0 Å². The van der Waals surface area contributed by atoms with Crippen LogP contribution in [0.1, 0.15) is 18.9 Å². The van der Waals surface area contributed by atoms with E-state index in [1.165, 1.54) is 0 Å². The number of hydrogen-bond acceptors (Lipinski definition) is 5. The van der Waals surface area contributed by atoms with Gasteiger partial charge in [-0.1, -0.05) is 30.9 Å². The van der Waals surface area contributed by atoms with Crippen molar-refractivity contribution in [3.8, 4) is 22.5 Å². The number of nitrogens with zero attached hydrogens (tertiary/aromatic N) is 5. The van der Waals surface area contributed by atoms with E-state index in [0.717, 1.165) is 55.5 Å². The molecule has 0 spiro atoms. The maximum atomic E-state index is 13.7. The highest BCUT2D eigenvalue weighted by molar-refractivity contribution is 6.00. The van der Waals surface area contributed by atoms with Gasteiger partial charge >= 0.3 is 0 Å². The smallest absolute Gasteiger partial charge is 0.261 e. The largest absolute Gasteiger partial charge is 0.352 e. The van der Waals surface area contributed by atoms with Gasteiger partial charge in [-0.05, 0) is 36.3 Å². The Morgan fingerprint density at radius 3 is 2.79 bits per heavy atom. The summed E-state index contributed by atoms with van der Waals surface area (Å²) in [4.78, 5) is 18.5. The van der Waals surface area contributed by atoms with E-state index in [0.29, 0.717) is 18.7 Å². The molecule has 0 saturated carbocycles. The number of rotatable bonds is 7. The fourth-order valence-electron chi connectivity index (χ4n) is 5.10. The van der Waals surface area contributed by atoms with E-state index in [4.69, 9.17) is 0 Å². The summed E-state index contributed by atoms with van der Waals surface area (Å²) in [5.41, 5.74) is 7.85. The quantitative estimate of drug-likeness (QED) is 0.241. The van der Waals surface area contributed by atoms with Crippen LogP contribution in [0.3, 0.4) is 0 Å². The number of halogens is 2. The highest BCUT2D eigenvalue weighted by atomic mass is 19.3. The zero-order valence-electron chi connectivity index (χ0n) is 21.5. The van der Waals surface area contributed by atoms with E-state index in [1.807, 2.05) is 49.7 Å². The van der Waals surface area contributed by atoms with E-state index in [2.05, 4.69) is 42.8 Å². The monoisotopic (exact) mass is 523 g/mol. The maximum absolute atomic E-state index is 13.7. The number of likely N-dealkylation sites (tertiary alicyclic amines) is 1. The van der Waals surface area contributed by atoms with Gasteiger partial charge in [-0.15, -0.1) is 0 Å². The second kappa shape index (κ2) is 9.99. The number of aromatic amines is 2. The van der Waals surface area contributed by atoms with Gasteiger partial charge in [0.15, 0.2) is 5.65 Å². The lowest BCUT2D eigenvalue weighted by molar-refractivity contribution is 0.0131. The Balaban J connectivity index is 1.35. The van der Waals surface area contributed by atoms with Gasteiger partial charge in [-0.3, -0.25) is 20.0 Å². The van der Waals surface area contributed by atoms with Crippen LogP contribution in [0.2, 0.25) is 0 Å². The van der Waals surface area contributed by atoms with Crippen LogP contribution < -0.4 is 0 Å². The van der Waals surface area contributed by atoms with Crippen molar-refractivity contribution in [1.29, 1.82) is 0 Å². The molecular weight excluding hydrogens is 496 g/mol. The molecule has 0 aliphatic carbocycles. The number of H-pyrrole nitrogens is 2. The first-order chi connectivity index (χ1) is 18.9. The van der Waals surface area contributed by atoms with Gasteiger partial charge in [0.05, 0.1) is 29.6 Å². The van der Waals surface area contributed by atoms with Crippen LogP contribution in [-0.2, 0) is 0 Å². The molecule has 5 aromatic heterocycles. The molecule has 6 heterocycles. The van der Waals surface area contributed by atoms with Crippen molar-refractivity contribution < 1.29 is 8.78 Å². The Hall–Kier alpha value is -4.50. The molecule has 9 heteroatoms. The summed E-state index contributed by atoms with van der Waals surface area (Å²) in [7, 11) is 0. The number of nitrogens with one attached hydrogen (secondary N) is 2. The second-order valence-corrected chi connectivity index (χ2v) is 9.75. The number of alkyl halides is 2. The van der Waals surface area contributed by atoms with Gasteiger partial charge in [0.1, 0.15) is 0 Å². The molecule has 2 N–H and O–H groups in total. The minimum Gasteiger partial charge on any atom is -0.352 e. The van der Waals surface area contributed by atoms with Crippen LogP contribution in [0.4, 0.5) is 8.78 Å². The molecule has 7 nitrogen and oxygen atoms in total. The lowest BCUT2D eigenvalue weighted by atomic mass is 10.0. The van der Waals surface area contributed by atoms with Crippen molar-refractivity contribution in [3.05, 3.63) is 91.2 Å². The molecule has 1 aliphatic heterocycles. The van der Waals surface area contributed by atoms with Gasteiger partial charge in [0, 0.05) is 71.8 Å². The third-order valence-electron chi connectivity index (χ3n) is 7.10. The minimum atomic E-state index is -2.63. The van der Waals surface area contributed by atoms with E-state index < -0.39 is 5.92 Å². The van der Waals surface area contributed by atoms with Crippen LogP contribution in [-0.4, -0.2) is 60.6 Å². The second-order valence-electron chi connectivity index (χ2n) is 9.75. The van der Waals surface area contributed by atoms with E-state index >= 15 is 0 Å². The Bertz CT molecular complexity index is 1730. The van der Waals surface area contributed by atoms with Crippen LogP contribution >= 0.6 is 0 Å². The van der Waals surface area contributed by atoms with Crippen molar-refractivity contribution in [3.63, 3.8) is 0 Å². The highest BCUT2D eigenvalue weighted by Gasteiger charge is 2.37. The Labute approximate surface area is 224 Å². The van der Waals surface area contributed by atoms with Crippen LogP contribution in [0, 0.1) is 0 Å². The van der Waals surface area contributed by atoms with Crippen molar-refractivity contribution in [2.24, 2.45) is 0 Å². The third-order valence-corrected chi connectivity index (χ3v) is 7.10. The Kier molecular flexibility index (Phi) is 6.36. The van der Waals surface area contributed by atoms with Gasteiger partial charge in [-0.25, -0.2) is 13.8 Å². The molecule has 39 heavy (non-hydrogen) atoms. The van der Waals surface area contributed by atoms with Gasteiger partial charge < -0.3 is 4.98 Å². The normalized spacial score (nSPS) is 16.4. The summed E-state index contributed by atoms with van der Waals surface area (Å²) in [5, 5.41) is 9.45.